The average Bonchev–Trinajstić information content (AvgIpc) is 3.17. The Balaban J connectivity index is 1.48. The van der Waals surface area contributed by atoms with E-state index >= 15 is 0 Å². The predicted molar refractivity (Wildman–Crippen MR) is 92.8 cm³/mol. The highest BCUT2D eigenvalue weighted by Crippen LogP contribution is 2.16. The van der Waals surface area contributed by atoms with Crippen molar-refractivity contribution in [3.05, 3.63) is 63.5 Å². The second kappa shape index (κ2) is 6.16. The van der Waals surface area contributed by atoms with Gasteiger partial charge in [0, 0.05) is 18.8 Å². The van der Waals surface area contributed by atoms with Crippen molar-refractivity contribution in [1.29, 1.82) is 0 Å². The number of hydrogen-bond acceptors (Lipinski definition) is 4. The van der Waals surface area contributed by atoms with Crippen molar-refractivity contribution in [3.63, 3.8) is 0 Å². The molecule has 0 unspecified atom stereocenters. The molecule has 0 saturated carbocycles. The standard InChI is InChI=1S/C18H19N5O2/c1-12-17(22-9-3-2-7-15(22)20-12)18(25)19-8-10-23-16(24)11-13-5-4-6-14(13)21-23/h2-3,7,9,11H,4-6,8,10H2,1H3,(H,19,25). The summed E-state index contributed by atoms with van der Waals surface area (Å²) in [7, 11) is 0. The number of carbonyl (C=O) groups excluding carboxylic acids is 1. The number of aromatic nitrogens is 4. The molecule has 0 spiro atoms. The van der Waals surface area contributed by atoms with Gasteiger partial charge in [0.2, 0.25) is 0 Å². The van der Waals surface area contributed by atoms with Gasteiger partial charge < -0.3 is 5.32 Å². The van der Waals surface area contributed by atoms with E-state index in [9.17, 15) is 9.59 Å². The van der Waals surface area contributed by atoms with Crippen LogP contribution in [-0.4, -0.2) is 31.6 Å². The lowest BCUT2D eigenvalue weighted by atomic mass is 10.2. The normalized spacial score (nSPS) is 13.2. The van der Waals surface area contributed by atoms with E-state index < -0.39 is 0 Å². The number of amides is 1. The molecule has 3 heterocycles. The van der Waals surface area contributed by atoms with E-state index in [0.29, 0.717) is 24.5 Å². The van der Waals surface area contributed by atoms with E-state index in [1.165, 1.54) is 4.68 Å². The number of rotatable bonds is 4. The van der Waals surface area contributed by atoms with Gasteiger partial charge in [-0.1, -0.05) is 6.07 Å². The maximum atomic E-state index is 12.5. The lowest BCUT2D eigenvalue weighted by Gasteiger charge is -2.09. The summed E-state index contributed by atoms with van der Waals surface area (Å²) in [5, 5.41) is 7.28. The summed E-state index contributed by atoms with van der Waals surface area (Å²) in [6.07, 6.45) is 4.72. The van der Waals surface area contributed by atoms with Gasteiger partial charge in [-0.15, -0.1) is 0 Å². The van der Waals surface area contributed by atoms with Crippen molar-refractivity contribution in [2.24, 2.45) is 0 Å². The molecule has 7 heteroatoms. The van der Waals surface area contributed by atoms with E-state index in [1.54, 1.807) is 10.5 Å². The van der Waals surface area contributed by atoms with Crippen LogP contribution in [0.15, 0.2) is 35.3 Å². The van der Waals surface area contributed by atoms with Gasteiger partial charge >= 0.3 is 0 Å². The zero-order valence-electron chi connectivity index (χ0n) is 14.0. The number of aryl methyl sites for hydroxylation is 3. The Bertz CT molecular complexity index is 1020. The first kappa shape index (κ1) is 15.6. The first-order chi connectivity index (χ1) is 12.1. The van der Waals surface area contributed by atoms with Crippen LogP contribution in [-0.2, 0) is 19.4 Å². The van der Waals surface area contributed by atoms with Gasteiger partial charge in [-0.2, -0.15) is 5.10 Å². The topological polar surface area (TPSA) is 81.3 Å². The lowest BCUT2D eigenvalue weighted by molar-refractivity contribution is 0.0945. The minimum Gasteiger partial charge on any atom is -0.349 e. The zero-order chi connectivity index (χ0) is 17.4. The maximum absolute atomic E-state index is 12.5. The third kappa shape index (κ3) is 2.82. The molecule has 0 aromatic carbocycles. The summed E-state index contributed by atoms with van der Waals surface area (Å²) < 4.78 is 3.20. The van der Waals surface area contributed by atoms with E-state index in [1.807, 2.05) is 31.3 Å². The first-order valence-corrected chi connectivity index (χ1v) is 8.45. The van der Waals surface area contributed by atoms with Crippen LogP contribution in [0.1, 0.15) is 33.9 Å². The highest BCUT2D eigenvalue weighted by atomic mass is 16.2. The quantitative estimate of drug-likeness (QED) is 0.773. The molecule has 0 saturated heterocycles. The average molecular weight is 337 g/mol. The van der Waals surface area contributed by atoms with Crippen molar-refractivity contribution in [2.45, 2.75) is 32.7 Å². The van der Waals surface area contributed by atoms with Crippen LogP contribution in [0.4, 0.5) is 0 Å². The van der Waals surface area contributed by atoms with Gasteiger partial charge in [0.25, 0.3) is 11.5 Å². The minimum atomic E-state index is -0.203. The highest BCUT2D eigenvalue weighted by Gasteiger charge is 2.17. The van der Waals surface area contributed by atoms with Crippen molar-refractivity contribution >= 4 is 11.6 Å². The van der Waals surface area contributed by atoms with Gasteiger partial charge in [0.05, 0.1) is 17.9 Å². The molecule has 3 aromatic rings. The number of imidazole rings is 1. The molecule has 0 radical (unpaired) electrons. The Labute approximate surface area is 144 Å². The van der Waals surface area contributed by atoms with Crippen LogP contribution >= 0.6 is 0 Å². The fraction of sp³-hybridized carbons (Fsp3) is 0.333. The molecule has 0 bridgehead atoms. The second-order valence-corrected chi connectivity index (χ2v) is 6.26. The van der Waals surface area contributed by atoms with E-state index in [0.717, 1.165) is 36.2 Å². The Kier molecular flexibility index (Phi) is 3.83. The van der Waals surface area contributed by atoms with Crippen molar-refractivity contribution in [1.82, 2.24) is 24.5 Å². The van der Waals surface area contributed by atoms with Gasteiger partial charge in [0.15, 0.2) is 0 Å². The summed E-state index contributed by atoms with van der Waals surface area (Å²) in [6, 6.07) is 7.28. The second-order valence-electron chi connectivity index (χ2n) is 6.26. The number of fused-ring (bicyclic) bond motifs is 2. The van der Waals surface area contributed by atoms with Crippen LogP contribution < -0.4 is 10.9 Å². The Morgan fingerprint density at radius 1 is 1.32 bits per heavy atom. The third-order valence-corrected chi connectivity index (χ3v) is 4.55. The van der Waals surface area contributed by atoms with Gasteiger partial charge in [-0.05, 0) is 43.9 Å². The summed E-state index contributed by atoms with van der Waals surface area (Å²) >= 11 is 0. The molecule has 1 N–H and O–H groups in total. The molecule has 4 rings (SSSR count). The predicted octanol–water partition coefficient (Wildman–Crippen LogP) is 1.12. The van der Waals surface area contributed by atoms with Crippen LogP contribution in [0.5, 0.6) is 0 Å². The molecular weight excluding hydrogens is 318 g/mol. The molecule has 0 aliphatic heterocycles. The monoisotopic (exact) mass is 337 g/mol. The van der Waals surface area contributed by atoms with Crippen molar-refractivity contribution < 1.29 is 4.79 Å². The van der Waals surface area contributed by atoms with Crippen LogP contribution in [0.2, 0.25) is 0 Å². The summed E-state index contributed by atoms with van der Waals surface area (Å²) in [5.74, 6) is -0.203. The molecule has 1 aliphatic rings. The number of carbonyl (C=O) groups is 1. The summed E-state index contributed by atoms with van der Waals surface area (Å²) in [6.45, 7) is 2.51. The Morgan fingerprint density at radius 3 is 3.08 bits per heavy atom. The molecular formula is C18H19N5O2. The van der Waals surface area contributed by atoms with Crippen molar-refractivity contribution in [2.75, 3.05) is 6.54 Å². The zero-order valence-corrected chi connectivity index (χ0v) is 14.0. The number of pyridine rings is 1. The molecule has 1 aliphatic carbocycles. The molecule has 1 amide bonds. The number of nitrogens with zero attached hydrogens (tertiary/aromatic N) is 4. The maximum Gasteiger partial charge on any atom is 0.270 e. The Hall–Kier alpha value is -2.96. The fourth-order valence-corrected chi connectivity index (χ4v) is 3.35. The Morgan fingerprint density at radius 2 is 2.20 bits per heavy atom. The molecule has 7 nitrogen and oxygen atoms in total. The fourth-order valence-electron chi connectivity index (χ4n) is 3.35. The molecule has 25 heavy (non-hydrogen) atoms. The van der Waals surface area contributed by atoms with Crippen LogP contribution in [0.25, 0.3) is 5.65 Å². The van der Waals surface area contributed by atoms with E-state index in [4.69, 9.17) is 0 Å². The lowest BCUT2D eigenvalue weighted by Crippen LogP contribution is -2.33. The summed E-state index contributed by atoms with van der Waals surface area (Å²) in [4.78, 5) is 29.0. The van der Waals surface area contributed by atoms with Gasteiger partial charge in [0.1, 0.15) is 11.3 Å². The number of nitrogens with one attached hydrogen (secondary N) is 1. The van der Waals surface area contributed by atoms with Crippen molar-refractivity contribution in [3.8, 4) is 0 Å². The minimum absolute atomic E-state index is 0.110. The first-order valence-electron chi connectivity index (χ1n) is 8.45. The van der Waals surface area contributed by atoms with Crippen LogP contribution in [0.3, 0.4) is 0 Å². The molecule has 3 aromatic heterocycles. The van der Waals surface area contributed by atoms with Gasteiger partial charge in [-0.3, -0.25) is 14.0 Å². The molecule has 0 fully saturated rings. The third-order valence-electron chi connectivity index (χ3n) is 4.55. The van der Waals surface area contributed by atoms with E-state index in [2.05, 4.69) is 15.4 Å². The largest absolute Gasteiger partial charge is 0.349 e. The van der Waals surface area contributed by atoms with Gasteiger partial charge in [-0.25, -0.2) is 9.67 Å². The SMILES string of the molecule is Cc1nc2ccccn2c1C(=O)NCCn1nc2c(cc1=O)CCC2. The molecule has 0 atom stereocenters. The molecule has 128 valence electrons. The summed E-state index contributed by atoms with van der Waals surface area (Å²) in [5.41, 5.74) is 3.89. The smallest absolute Gasteiger partial charge is 0.270 e. The van der Waals surface area contributed by atoms with E-state index in [-0.39, 0.29) is 11.5 Å². The van der Waals surface area contributed by atoms with Crippen LogP contribution in [0, 0.1) is 6.92 Å². The number of hydrogen-bond donors (Lipinski definition) is 1. The highest BCUT2D eigenvalue weighted by molar-refractivity contribution is 5.94.